The summed E-state index contributed by atoms with van der Waals surface area (Å²) in [5, 5.41) is 1.14. The van der Waals surface area contributed by atoms with Gasteiger partial charge in [-0.1, -0.05) is 26.7 Å². The number of methoxy groups -OCH3 is 1. The molecule has 1 heterocycles. The number of rotatable bonds is 7. The molecule has 1 aliphatic carbocycles. The van der Waals surface area contributed by atoms with E-state index < -0.39 is 0 Å². The normalized spacial score (nSPS) is 16.2. The van der Waals surface area contributed by atoms with Crippen molar-refractivity contribution in [3.8, 4) is 0 Å². The first-order valence-electron chi connectivity index (χ1n) is 7.60. The van der Waals surface area contributed by atoms with Crippen LogP contribution in [0.2, 0.25) is 0 Å². The molecule has 4 nitrogen and oxygen atoms in total. The molecule has 1 aromatic rings. The fourth-order valence-corrected chi connectivity index (χ4v) is 3.92. The fourth-order valence-electron chi connectivity index (χ4n) is 2.89. The van der Waals surface area contributed by atoms with Gasteiger partial charge in [0.25, 0.3) is 0 Å². The molecule has 2 N–H and O–H groups in total. The van der Waals surface area contributed by atoms with Gasteiger partial charge in [-0.25, -0.2) is 4.98 Å². The van der Waals surface area contributed by atoms with Crippen LogP contribution in [0, 0.1) is 5.92 Å². The molecule has 0 bridgehead atoms. The van der Waals surface area contributed by atoms with E-state index in [2.05, 4.69) is 18.7 Å². The number of nitrogens with two attached hydrogens (primary N) is 1. The van der Waals surface area contributed by atoms with E-state index in [1.54, 1.807) is 18.4 Å². The Hall–Kier alpha value is -0.650. The van der Waals surface area contributed by atoms with Gasteiger partial charge in [-0.15, -0.1) is 11.3 Å². The molecule has 0 spiro atoms. The molecule has 1 fully saturated rings. The molecular weight excluding hydrogens is 270 g/mol. The Morgan fingerprint density at radius 2 is 2.10 bits per heavy atom. The molecular formula is C15H27N3OS. The maximum absolute atomic E-state index is 5.85. The predicted octanol–water partition coefficient (Wildman–Crippen LogP) is 3.15. The van der Waals surface area contributed by atoms with Crippen LogP contribution in [0.3, 0.4) is 0 Å². The Kier molecular flexibility index (Phi) is 5.81. The quantitative estimate of drug-likeness (QED) is 0.840. The average Bonchev–Trinajstić information content (AvgIpc) is 3.05. The Balaban J connectivity index is 2.22. The second-order valence-electron chi connectivity index (χ2n) is 5.99. The fraction of sp³-hybridized carbons (Fsp3) is 0.800. The highest BCUT2D eigenvalue weighted by Gasteiger charge is 2.26. The molecule has 0 radical (unpaired) electrons. The molecule has 0 aromatic carbocycles. The standard InChI is InChI=1S/C15H27N3OS/c1-11(2)9-18(12-6-4-5-7-12)15-17-13(10-19-3)14(8-16)20-15/h11-12H,4-10,16H2,1-3H3. The highest BCUT2D eigenvalue weighted by Crippen LogP contribution is 2.33. The van der Waals surface area contributed by atoms with Gasteiger partial charge < -0.3 is 15.4 Å². The third kappa shape index (κ3) is 3.71. The molecule has 5 heteroatoms. The largest absolute Gasteiger partial charge is 0.378 e. The number of hydrogen-bond acceptors (Lipinski definition) is 5. The van der Waals surface area contributed by atoms with Crippen molar-refractivity contribution in [2.45, 2.75) is 58.7 Å². The third-order valence-corrected chi connectivity index (χ3v) is 4.96. The van der Waals surface area contributed by atoms with Crippen LogP contribution in [0.15, 0.2) is 0 Å². The zero-order chi connectivity index (χ0) is 14.5. The monoisotopic (exact) mass is 297 g/mol. The van der Waals surface area contributed by atoms with Gasteiger partial charge in [0.1, 0.15) is 0 Å². The number of aromatic nitrogens is 1. The first-order chi connectivity index (χ1) is 9.65. The van der Waals surface area contributed by atoms with Gasteiger partial charge in [-0.2, -0.15) is 0 Å². The highest BCUT2D eigenvalue weighted by molar-refractivity contribution is 7.15. The summed E-state index contributed by atoms with van der Waals surface area (Å²) in [6.45, 7) is 6.74. The average molecular weight is 297 g/mol. The highest BCUT2D eigenvalue weighted by atomic mass is 32.1. The van der Waals surface area contributed by atoms with E-state index in [0.717, 1.165) is 22.2 Å². The number of anilines is 1. The zero-order valence-electron chi connectivity index (χ0n) is 12.9. The summed E-state index contributed by atoms with van der Waals surface area (Å²) >= 11 is 1.75. The van der Waals surface area contributed by atoms with Crippen LogP contribution in [0.1, 0.15) is 50.1 Å². The molecule has 0 saturated heterocycles. The van der Waals surface area contributed by atoms with Crippen molar-refractivity contribution in [2.24, 2.45) is 11.7 Å². The lowest BCUT2D eigenvalue weighted by Gasteiger charge is -2.30. The Labute approximate surface area is 126 Å². The van der Waals surface area contributed by atoms with Crippen LogP contribution in [0.5, 0.6) is 0 Å². The van der Waals surface area contributed by atoms with Gasteiger partial charge in [0, 0.05) is 31.1 Å². The predicted molar refractivity (Wildman–Crippen MR) is 85.2 cm³/mol. The van der Waals surface area contributed by atoms with Gasteiger partial charge >= 0.3 is 0 Å². The lowest BCUT2D eigenvalue weighted by atomic mass is 10.1. The molecule has 0 amide bonds. The van der Waals surface area contributed by atoms with Gasteiger partial charge in [0.2, 0.25) is 0 Å². The number of nitrogens with zero attached hydrogens (tertiary/aromatic N) is 2. The van der Waals surface area contributed by atoms with Gasteiger partial charge in [-0.05, 0) is 18.8 Å². The number of thiazole rings is 1. The maximum atomic E-state index is 5.85. The maximum Gasteiger partial charge on any atom is 0.186 e. The van der Waals surface area contributed by atoms with Crippen molar-refractivity contribution < 1.29 is 4.74 Å². The lowest BCUT2D eigenvalue weighted by Crippen LogP contribution is -2.36. The molecule has 0 aliphatic heterocycles. The summed E-state index contributed by atoms with van der Waals surface area (Å²) in [4.78, 5) is 8.48. The van der Waals surface area contributed by atoms with E-state index in [9.17, 15) is 0 Å². The summed E-state index contributed by atoms with van der Waals surface area (Å²) in [5.74, 6) is 0.645. The molecule has 20 heavy (non-hydrogen) atoms. The smallest absolute Gasteiger partial charge is 0.186 e. The van der Waals surface area contributed by atoms with E-state index in [1.807, 2.05) is 0 Å². The third-order valence-electron chi connectivity index (χ3n) is 3.81. The van der Waals surface area contributed by atoms with Crippen molar-refractivity contribution >= 4 is 16.5 Å². The Morgan fingerprint density at radius 1 is 1.40 bits per heavy atom. The van der Waals surface area contributed by atoms with E-state index in [0.29, 0.717) is 25.1 Å². The molecule has 1 aliphatic rings. The van der Waals surface area contributed by atoms with Crippen LogP contribution in [-0.4, -0.2) is 24.7 Å². The SMILES string of the molecule is COCc1nc(N(CC(C)C)C2CCCC2)sc1CN. The molecule has 0 atom stereocenters. The summed E-state index contributed by atoms with van der Waals surface area (Å²) in [6.07, 6.45) is 5.28. The summed E-state index contributed by atoms with van der Waals surface area (Å²) in [5.41, 5.74) is 6.86. The minimum atomic E-state index is 0.552. The van der Waals surface area contributed by atoms with Crippen LogP contribution in [0.4, 0.5) is 5.13 Å². The second kappa shape index (κ2) is 7.38. The van der Waals surface area contributed by atoms with Crippen molar-refractivity contribution in [3.63, 3.8) is 0 Å². The first-order valence-corrected chi connectivity index (χ1v) is 8.41. The molecule has 1 aromatic heterocycles. The van der Waals surface area contributed by atoms with E-state index in [-0.39, 0.29) is 0 Å². The minimum absolute atomic E-state index is 0.552. The first kappa shape index (κ1) is 15.7. The van der Waals surface area contributed by atoms with Crippen molar-refractivity contribution in [1.82, 2.24) is 4.98 Å². The Morgan fingerprint density at radius 3 is 2.65 bits per heavy atom. The molecule has 0 unspecified atom stereocenters. The molecule has 1 saturated carbocycles. The van der Waals surface area contributed by atoms with Crippen LogP contribution in [0.25, 0.3) is 0 Å². The lowest BCUT2D eigenvalue weighted by molar-refractivity contribution is 0.181. The van der Waals surface area contributed by atoms with Crippen LogP contribution < -0.4 is 10.6 Å². The van der Waals surface area contributed by atoms with Gasteiger partial charge in [-0.3, -0.25) is 0 Å². The molecule has 114 valence electrons. The van der Waals surface area contributed by atoms with Crippen molar-refractivity contribution in [3.05, 3.63) is 10.6 Å². The second-order valence-corrected chi connectivity index (χ2v) is 7.05. The van der Waals surface area contributed by atoms with Crippen molar-refractivity contribution in [2.75, 3.05) is 18.6 Å². The molecule has 2 rings (SSSR count). The summed E-state index contributed by atoms with van der Waals surface area (Å²) in [7, 11) is 1.71. The van der Waals surface area contributed by atoms with E-state index in [1.165, 1.54) is 25.7 Å². The van der Waals surface area contributed by atoms with Crippen LogP contribution >= 0.6 is 11.3 Å². The number of ether oxygens (including phenoxy) is 1. The van der Waals surface area contributed by atoms with Gasteiger partial charge in [0.15, 0.2) is 5.13 Å². The number of hydrogen-bond donors (Lipinski definition) is 1. The Bertz CT molecular complexity index is 413. The topological polar surface area (TPSA) is 51.4 Å². The zero-order valence-corrected chi connectivity index (χ0v) is 13.7. The van der Waals surface area contributed by atoms with Crippen molar-refractivity contribution in [1.29, 1.82) is 0 Å². The summed E-state index contributed by atoms with van der Waals surface area (Å²) < 4.78 is 5.24. The van der Waals surface area contributed by atoms with Crippen LogP contribution in [-0.2, 0) is 17.9 Å². The van der Waals surface area contributed by atoms with E-state index >= 15 is 0 Å². The summed E-state index contributed by atoms with van der Waals surface area (Å²) in [6, 6.07) is 0.657. The van der Waals surface area contributed by atoms with Gasteiger partial charge in [0.05, 0.1) is 12.3 Å². The minimum Gasteiger partial charge on any atom is -0.378 e. The van der Waals surface area contributed by atoms with E-state index in [4.69, 9.17) is 15.5 Å².